The summed E-state index contributed by atoms with van der Waals surface area (Å²) in [6.07, 6.45) is 10.5. The van der Waals surface area contributed by atoms with E-state index >= 15 is 0 Å². The van der Waals surface area contributed by atoms with Crippen LogP contribution in [0.25, 0.3) is 0 Å². The van der Waals surface area contributed by atoms with Gasteiger partial charge in [-0.1, -0.05) is 26.2 Å². The average molecular weight is 277 g/mol. The molecule has 3 aliphatic rings. The topological polar surface area (TPSA) is 37.4 Å². The Morgan fingerprint density at radius 3 is 2.55 bits per heavy atom. The molecule has 112 valence electrons. The molecule has 20 heavy (non-hydrogen) atoms. The molecule has 2 unspecified atom stereocenters. The SMILES string of the molecule is CC1(C(=O)N2CCCC2C2CCCCC2=O)CCCC1. The Morgan fingerprint density at radius 1 is 1.10 bits per heavy atom. The van der Waals surface area contributed by atoms with Crippen molar-refractivity contribution in [3.63, 3.8) is 0 Å². The average Bonchev–Trinajstić information content (AvgIpc) is 3.08. The molecule has 3 rings (SSSR count). The van der Waals surface area contributed by atoms with E-state index in [-0.39, 0.29) is 17.4 Å². The highest BCUT2D eigenvalue weighted by Gasteiger charge is 2.45. The third-order valence-electron chi connectivity index (χ3n) is 5.85. The standard InChI is InChI=1S/C17H27NO2/c1-17(10-4-5-11-17)16(20)18-12-6-8-14(18)13-7-2-3-9-15(13)19/h13-14H,2-12H2,1H3. The lowest BCUT2D eigenvalue weighted by molar-refractivity contribution is -0.144. The molecule has 3 nitrogen and oxygen atoms in total. The normalized spacial score (nSPS) is 33.6. The Morgan fingerprint density at radius 2 is 1.85 bits per heavy atom. The Balaban J connectivity index is 1.75. The summed E-state index contributed by atoms with van der Waals surface area (Å²) in [6, 6.07) is 0.215. The quantitative estimate of drug-likeness (QED) is 0.776. The van der Waals surface area contributed by atoms with Gasteiger partial charge in [-0.25, -0.2) is 0 Å². The van der Waals surface area contributed by atoms with E-state index in [0.717, 1.165) is 57.9 Å². The molecular weight excluding hydrogens is 250 g/mol. The van der Waals surface area contributed by atoms with E-state index in [0.29, 0.717) is 11.7 Å². The first kappa shape index (κ1) is 14.1. The van der Waals surface area contributed by atoms with Gasteiger partial charge in [-0.2, -0.15) is 0 Å². The molecule has 2 aliphatic carbocycles. The largest absolute Gasteiger partial charge is 0.339 e. The number of amides is 1. The fourth-order valence-corrected chi connectivity index (χ4v) is 4.60. The van der Waals surface area contributed by atoms with Crippen LogP contribution in [0, 0.1) is 11.3 Å². The van der Waals surface area contributed by atoms with Crippen LogP contribution in [0.2, 0.25) is 0 Å². The van der Waals surface area contributed by atoms with Gasteiger partial charge in [0.1, 0.15) is 5.78 Å². The molecule has 1 amide bonds. The number of rotatable bonds is 2. The number of carbonyl (C=O) groups excluding carboxylic acids is 2. The smallest absolute Gasteiger partial charge is 0.228 e. The van der Waals surface area contributed by atoms with E-state index in [9.17, 15) is 9.59 Å². The molecule has 3 heteroatoms. The third-order valence-corrected chi connectivity index (χ3v) is 5.85. The molecule has 2 atom stereocenters. The molecule has 0 bridgehead atoms. The Kier molecular flexibility index (Phi) is 3.87. The van der Waals surface area contributed by atoms with Crippen molar-refractivity contribution in [2.45, 2.75) is 77.2 Å². The number of Topliss-reactive ketones (excluding diaryl/α,β-unsaturated/α-hetero) is 1. The summed E-state index contributed by atoms with van der Waals surface area (Å²) < 4.78 is 0. The van der Waals surface area contributed by atoms with E-state index in [2.05, 4.69) is 11.8 Å². The van der Waals surface area contributed by atoms with Crippen molar-refractivity contribution >= 4 is 11.7 Å². The van der Waals surface area contributed by atoms with Crippen molar-refractivity contribution in [2.24, 2.45) is 11.3 Å². The van der Waals surface area contributed by atoms with Gasteiger partial charge in [-0.15, -0.1) is 0 Å². The molecule has 0 radical (unpaired) electrons. The molecule has 0 aromatic heterocycles. The van der Waals surface area contributed by atoms with E-state index in [1.54, 1.807) is 0 Å². The third kappa shape index (κ3) is 2.40. The minimum absolute atomic E-state index is 0.139. The number of nitrogens with zero attached hydrogens (tertiary/aromatic N) is 1. The molecule has 1 aliphatic heterocycles. The van der Waals surface area contributed by atoms with Gasteiger partial charge in [-0.05, 0) is 38.5 Å². The highest BCUT2D eigenvalue weighted by molar-refractivity contribution is 5.86. The van der Waals surface area contributed by atoms with Crippen molar-refractivity contribution in [1.29, 1.82) is 0 Å². The van der Waals surface area contributed by atoms with Gasteiger partial charge in [0.15, 0.2) is 0 Å². The highest BCUT2D eigenvalue weighted by atomic mass is 16.2. The fraction of sp³-hybridized carbons (Fsp3) is 0.882. The van der Waals surface area contributed by atoms with Crippen molar-refractivity contribution in [1.82, 2.24) is 4.90 Å². The second-order valence-corrected chi connectivity index (χ2v) is 7.29. The van der Waals surface area contributed by atoms with E-state index in [1.165, 1.54) is 12.8 Å². The van der Waals surface area contributed by atoms with Crippen molar-refractivity contribution in [3.05, 3.63) is 0 Å². The lowest BCUT2D eigenvalue weighted by Crippen LogP contribution is -2.48. The Labute approximate surface area is 122 Å². The number of hydrogen-bond donors (Lipinski definition) is 0. The predicted octanol–water partition coefficient (Wildman–Crippen LogP) is 3.32. The van der Waals surface area contributed by atoms with Crippen LogP contribution in [0.3, 0.4) is 0 Å². The summed E-state index contributed by atoms with van der Waals surface area (Å²) in [5.74, 6) is 0.897. The lowest BCUT2D eigenvalue weighted by atomic mass is 9.80. The zero-order chi connectivity index (χ0) is 14.2. The number of carbonyl (C=O) groups is 2. The van der Waals surface area contributed by atoms with Gasteiger partial charge in [0, 0.05) is 30.3 Å². The zero-order valence-corrected chi connectivity index (χ0v) is 12.7. The highest BCUT2D eigenvalue weighted by Crippen LogP contribution is 2.42. The van der Waals surface area contributed by atoms with Gasteiger partial charge < -0.3 is 4.90 Å². The second-order valence-electron chi connectivity index (χ2n) is 7.29. The summed E-state index contributed by atoms with van der Waals surface area (Å²) >= 11 is 0. The molecular formula is C17H27NO2. The minimum atomic E-state index is -0.139. The Hall–Kier alpha value is -0.860. The molecule has 1 heterocycles. The molecule has 1 saturated heterocycles. The van der Waals surface area contributed by atoms with Crippen LogP contribution in [0.5, 0.6) is 0 Å². The molecule has 0 aromatic carbocycles. The van der Waals surface area contributed by atoms with Gasteiger partial charge in [0.2, 0.25) is 5.91 Å². The first-order valence-electron chi connectivity index (χ1n) is 8.46. The summed E-state index contributed by atoms with van der Waals surface area (Å²) in [7, 11) is 0. The van der Waals surface area contributed by atoms with Gasteiger partial charge in [-0.3, -0.25) is 9.59 Å². The van der Waals surface area contributed by atoms with Crippen molar-refractivity contribution in [2.75, 3.05) is 6.54 Å². The van der Waals surface area contributed by atoms with E-state index < -0.39 is 0 Å². The Bertz CT molecular complexity index is 398. The molecule has 2 saturated carbocycles. The van der Waals surface area contributed by atoms with Crippen LogP contribution in [0.1, 0.15) is 71.1 Å². The first-order valence-corrected chi connectivity index (χ1v) is 8.46. The van der Waals surface area contributed by atoms with Crippen LogP contribution < -0.4 is 0 Å². The van der Waals surface area contributed by atoms with Gasteiger partial charge in [0.05, 0.1) is 0 Å². The number of likely N-dealkylation sites (tertiary alicyclic amines) is 1. The summed E-state index contributed by atoms with van der Waals surface area (Å²) in [5.41, 5.74) is -0.139. The monoisotopic (exact) mass is 277 g/mol. The maximum atomic E-state index is 12.9. The first-order chi connectivity index (χ1) is 9.62. The molecule has 0 spiro atoms. The van der Waals surface area contributed by atoms with Crippen LogP contribution >= 0.6 is 0 Å². The van der Waals surface area contributed by atoms with E-state index in [1.807, 2.05) is 0 Å². The molecule has 0 aromatic rings. The van der Waals surface area contributed by atoms with Crippen LogP contribution in [-0.2, 0) is 9.59 Å². The maximum absolute atomic E-state index is 12.9. The minimum Gasteiger partial charge on any atom is -0.339 e. The van der Waals surface area contributed by atoms with Gasteiger partial charge in [0.25, 0.3) is 0 Å². The van der Waals surface area contributed by atoms with Gasteiger partial charge >= 0.3 is 0 Å². The lowest BCUT2D eigenvalue weighted by Gasteiger charge is -2.37. The zero-order valence-electron chi connectivity index (χ0n) is 12.7. The van der Waals surface area contributed by atoms with E-state index in [4.69, 9.17) is 0 Å². The number of hydrogen-bond acceptors (Lipinski definition) is 2. The predicted molar refractivity (Wildman–Crippen MR) is 78.3 cm³/mol. The maximum Gasteiger partial charge on any atom is 0.228 e. The summed E-state index contributed by atoms with van der Waals surface area (Å²) in [5, 5.41) is 0. The second kappa shape index (κ2) is 5.50. The molecule has 3 fully saturated rings. The van der Waals surface area contributed by atoms with Crippen molar-refractivity contribution in [3.8, 4) is 0 Å². The number of ketones is 1. The molecule has 0 N–H and O–H groups in total. The summed E-state index contributed by atoms with van der Waals surface area (Å²) in [4.78, 5) is 27.3. The van der Waals surface area contributed by atoms with Crippen molar-refractivity contribution < 1.29 is 9.59 Å². The van der Waals surface area contributed by atoms with Crippen LogP contribution in [-0.4, -0.2) is 29.2 Å². The van der Waals surface area contributed by atoms with Crippen LogP contribution in [0.15, 0.2) is 0 Å². The summed E-state index contributed by atoms with van der Waals surface area (Å²) in [6.45, 7) is 3.02. The van der Waals surface area contributed by atoms with Crippen LogP contribution in [0.4, 0.5) is 0 Å². The fourth-order valence-electron chi connectivity index (χ4n) is 4.60.